The van der Waals surface area contributed by atoms with Crippen LogP contribution in [-0.4, -0.2) is 38.2 Å². The molecule has 2 aromatic rings. The van der Waals surface area contributed by atoms with E-state index in [9.17, 15) is 4.79 Å². The van der Waals surface area contributed by atoms with Gasteiger partial charge in [-0.1, -0.05) is 6.07 Å². The molecule has 2 aromatic heterocycles. The normalized spacial score (nSPS) is 15.2. The second-order valence-electron chi connectivity index (χ2n) is 6.37. The van der Waals surface area contributed by atoms with Crippen LogP contribution >= 0.6 is 0 Å². The van der Waals surface area contributed by atoms with Crippen LogP contribution in [0, 0.1) is 13.8 Å². The first-order valence-electron chi connectivity index (χ1n) is 8.34. The molecule has 1 fully saturated rings. The Kier molecular flexibility index (Phi) is 4.55. The molecule has 6 heteroatoms. The summed E-state index contributed by atoms with van der Waals surface area (Å²) in [5, 5.41) is 4.32. The summed E-state index contributed by atoms with van der Waals surface area (Å²) in [4.78, 5) is 19.1. The maximum atomic E-state index is 12.8. The highest BCUT2D eigenvalue weighted by Gasteiger charge is 2.36. The predicted molar refractivity (Wildman–Crippen MR) is 90.7 cm³/mol. The molecule has 0 aromatic carbocycles. The number of carbonyl (C=O) groups excluding carboxylic acids is 1. The van der Waals surface area contributed by atoms with E-state index in [2.05, 4.69) is 10.1 Å². The number of aryl methyl sites for hydroxylation is 2. The highest BCUT2D eigenvalue weighted by atomic mass is 16.5. The van der Waals surface area contributed by atoms with Gasteiger partial charge in [0.2, 0.25) is 0 Å². The molecule has 0 N–H and O–H groups in total. The van der Waals surface area contributed by atoms with Gasteiger partial charge in [-0.3, -0.25) is 14.5 Å². The molecule has 1 saturated carbocycles. The van der Waals surface area contributed by atoms with Crippen molar-refractivity contribution >= 4 is 5.91 Å². The first-order chi connectivity index (χ1) is 11.5. The quantitative estimate of drug-likeness (QED) is 0.818. The van der Waals surface area contributed by atoms with E-state index in [1.54, 1.807) is 10.9 Å². The molecule has 1 amide bonds. The van der Waals surface area contributed by atoms with E-state index >= 15 is 0 Å². The number of ether oxygens (including phenoxy) is 1. The lowest BCUT2D eigenvalue weighted by molar-refractivity contribution is -0.136. The van der Waals surface area contributed by atoms with Gasteiger partial charge in [-0.25, -0.2) is 0 Å². The Morgan fingerprint density at radius 2 is 2.17 bits per heavy atom. The zero-order valence-electron chi connectivity index (χ0n) is 14.7. The highest BCUT2D eigenvalue weighted by Crippen LogP contribution is 2.34. The van der Waals surface area contributed by atoms with Crippen molar-refractivity contribution in [3.63, 3.8) is 0 Å². The molecule has 128 valence electrons. The molecule has 0 aliphatic heterocycles. The van der Waals surface area contributed by atoms with Crippen molar-refractivity contribution in [1.82, 2.24) is 19.7 Å². The summed E-state index contributed by atoms with van der Waals surface area (Å²) in [5.41, 5.74) is 2.64. The highest BCUT2D eigenvalue weighted by molar-refractivity contribution is 5.79. The number of amides is 1. The zero-order chi connectivity index (χ0) is 17.3. The van der Waals surface area contributed by atoms with Gasteiger partial charge in [0.05, 0.1) is 17.4 Å². The van der Waals surface area contributed by atoms with E-state index in [4.69, 9.17) is 4.74 Å². The SMILES string of the molecule is Cc1nn(C)c(C)c1OCC(=O)N(C1CC1)C(C)c1ccccn1. The molecule has 1 aliphatic rings. The van der Waals surface area contributed by atoms with Crippen molar-refractivity contribution in [1.29, 1.82) is 0 Å². The number of hydrogen-bond acceptors (Lipinski definition) is 4. The number of hydrogen-bond donors (Lipinski definition) is 0. The Morgan fingerprint density at radius 3 is 2.71 bits per heavy atom. The number of pyridine rings is 1. The van der Waals surface area contributed by atoms with E-state index < -0.39 is 0 Å². The number of nitrogens with zero attached hydrogens (tertiary/aromatic N) is 4. The average Bonchev–Trinajstić information content (AvgIpc) is 3.36. The maximum Gasteiger partial charge on any atom is 0.261 e. The van der Waals surface area contributed by atoms with Crippen molar-refractivity contribution < 1.29 is 9.53 Å². The Morgan fingerprint density at radius 1 is 1.42 bits per heavy atom. The fourth-order valence-corrected chi connectivity index (χ4v) is 3.03. The van der Waals surface area contributed by atoms with E-state index in [0.29, 0.717) is 11.8 Å². The minimum absolute atomic E-state index is 0.00157. The van der Waals surface area contributed by atoms with Crippen molar-refractivity contribution in [2.24, 2.45) is 7.05 Å². The second-order valence-corrected chi connectivity index (χ2v) is 6.37. The second kappa shape index (κ2) is 6.63. The Bertz CT molecular complexity index is 722. The number of aromatic nitrogens is 3. The van der Waals surface area contributed by atoms with E-state index in [1.165, 1.54) is 0 Å². The largest absolute Gasteiger partial charge is 0.480 e. The van der Waals surface area contributed by atoms with Crippen LogP contribution in [-0.2, 0) is 11.8 Å². The monoisotopic (exact) mass is 328 g/mol. The maximum absolute atomic E-state index is 12.8. The minimum atomic E-state index is -0.0501. The van der Waals surface area contributed by atoms with Gasteiger partial charge in [-0.2, -0.15) is 5.10 Å². The average molecular weight is 328 g/mol. The van der Waals surface area contributed by atoms with Crippen LogP contribution in [0.4, 0.5) is 0 Å². The van der Waals surface area contributed by atoms with Crippen molar-refractivity contribution in [3.8, 4) is 5.75 Å². The standard InChI is InChI=1S/C18H24N4O2/c1-12-18(14(3)21(4)20-12)24-11-17(23)22(15-8-9-15)13(2)16-7-5-6-10-19-16/h5-7,10,13,15H,8-9,11H2,1-4H3. The molecule has 24 heavy (non-hydrogen) atoms. The van der Waals surface area contributed by atoms with E-state index in [-0.39, 0.29) is 18.6 Å². The van der Waals surface area contributed by atoms with E-state index in [0.717, 1.165) is 29.9 Å². The summed E-state index contributed by atoms with van der Waals surface area (Å²) in [6.07, 6.45) is 3.86. The topological polar surface area (TPSA) is 60.3 Å². The van der Waals surface area contributed by atoms with Crippen LogP contribution in [0.25, 0.3) is 0 Å². The van der Waals surface area contributed by atoms with Gasteiger partial charge in [0.25, 0.3) is 5.91 Å². The molecule has 1 aliphatic carbocycles. The fourth-order valence-electron chi connectivity index (χ4n) is 3.03. The van der Waals surface area contributed by atoms with E-state index in [1.807, 2.05) is 50.9 Å². The summed E-state index contributed by atoms with van der Waals surface area (Å²) in [7, 11) is 1.87. The molecule has 1 atom stereocenters. The zero-order valence-corrected chi connectivity index (χ0v) is 14.7. The molecule has 1 unspecified atom stereocenters. The summed E-state index contributed by atoms with van der Waals surface area (Å²) < 4.78 is 7.57. The Labute approximate surface area is 142 Å². The smallest absolute Gasteiger partial charge is 0.261 e. The van der Waals surface area contributed by atoms with Gasteiger partial charge in [0.15, 0.2) is 12.4 Å². The van der Waals surface area contributed by atoms with Gasteiger partial charge in [0.1, 0.15) is 5.69 Å². The van der Waals surface area contributed by atoms with Crippen molar-refractivity contribution in [2.45, 2.75) is 45.7 Å². The molecule has 6 nitrogen and oxygen atoms in total. The predicted octanol–water partition coefficient (Wildman–Crippen LogP) is 2.56. The summed E-state index contributed by atoms with van der Waals surface area (Å²) in [6, 6.07) is 6.05. The molecule has 0 spiro atoms. The third kappa shape index (κ3) is 3.27. The number of rotatable bonds is 6. The van der Waals surface area contributed by atoms with Crippen molar-refractivity contribution in [3.05, 3.63) is 41.5 Å². The van der Waals surface area contributed by atoms with Crippen molar-refractivity contribution in [2.75, 3.05) is 6.61 Å². The van der Waals surface area contributed by atoms with Crippen LogP contribution in [0.3, 0.4) is 0 Å². The lowest BCUT2D eigenvalue weighted by atomic mass is 10.1. The summed E-state index contributed by atoms with van der Waals surface area (Å²) in [6.45, 7) is 5.89. The first kappa shape index (κ1) is 16.5. The molecule has 0 saturated heterocycles. The number of carbonyl (C=O) groups is 1. The summed E-state index contributed by atoms with van der Waals surface area (Å²) in [5.74, 6) is 0.699. The molecular formula is C18H24N4O2. The fraction of sp³-hybridized carbons (Fsp3) is 0.500. The van der Waals surface area contributed by atoms with Gasteiger partial charge in [0, 0.05) is 19.3 Å². The van der Waals surface area contributed by atoms with Gasteiger partial charge in [-0.15, -0.1) is 0 Å². The van der Waals surface area contributed by atoms with Crippen LogP contribution in [0.15, 0.2) is 24.4 Å². The summed E-state index contributed by atoms with van der Waals surface area (Å²) >= 11 is 0. The van der Waals surface area contributed by atoms with Crippen LogP contribution < -0.4 is 4.74 Å². The van der Waals surface area contributed by atoms with Gasteiger partial charge in [-0.05, 0) is 45.7 Å². The Balaban J connectivity index is 1.71. The van der Waals surface area contributed by atoms with Gasteiger partial charge < -0.3 is 9.64 Å². The minimum Gasteiger partial charge on any atom is -0.480 e. The molecule has 2 heterocycles. The van der Waals surface area contributed by atoms with Crippen LogP contribution in [0.5, 0.6) is 5.75 Å². The van der Waals surface area contributed by atoms with Crippen LogP contribution in [0.2, 0.25) is 0 Å². The molecule has 0 radical (unpaired) electrons. The third-order valence-corrected chi connectivity index (χ3v) is 4.54. The Hall–Kier alpha value is -2.37. The molecular weight excluding hydrogens is 304 g/mol. The third-order valence-electron chi connectivity index (χ3n) is 4.54. The van der Waals surface area contributed by atoms with Crippen LogP contribution in [0.1, 0.15) is 42.9 Å². The first-order valence-corrected chi connectivity index (χ1v) is 8.34. The van der Waals surface area contributed by atoms with Gasteiger partial charge >= 0.3 is 0 Å². The lowest BCUT2D eigenvalue weighted by Crippen LogP contribution is -2.39. The molecule has 3 rings (SSSR count). The lowest BCUT2D eigenvalue weighted by Gasteiger charge is -2.29. The molecule has 0 bridgehead atoms.